The summed E-state index contributed by atoms with van der Waals surface area (Å²) in [7, 11) is 0. The largest absolute Gasteiger partial charge is 0.378 e. The Bertz CT molecular complexity index is 745. The average Bonchev–Trinajstić information content (AvgIpc) is 3.06. The molecule has 4 rings (SSSR count). The zero-order valence-corrected chi connectivity index (χ0v) is 15.4. The SMILES string of the molecule is CCCCCN1C2COCC1CC(NC(=O)c1n[nH]c3ccccc13)C2. The Hall–Kier alpha value is -1.92. The third-order valence-corrected chi connectivity index (χ3v) is 5.71. The standard InChI is InChI=1S/C20H28N4O2/c1-2-3-6-9-24-15-10-14(11-16(24)13-26-12-15)21-20(25)19-17-7-4-5-8-18(17)22-23-19/h4-5,7-8,14-16H,2-3,6,9-13H2,1H3,(H,21,25)(H,22,23). The van der Waals surface area contributed by atoms with E-state index in [4.69, 9.17) is 4.74 Å². The lowest BCUT2D eigenvalue weighted by Crippen LogP contribution is -2.60. The van der Waals surface area contributed by atoms with Crippen molar-refractivity contribution in [3.05, 3.63) is 30.0 Å². The van der Waals surface area contributed by atoms with Crippen LogP contribution >= 0.6 is 0 Å². The zero-order valence-electron chi connectivity index (χ0n) is 15.4. The van der Waals surface area contributed by atoms with E-state index in [0.29, 0.717) is 17.8 Å². The third kappa shape index (κ3) is 3.48. The molecular weight excluding hydrogens is 328 g/mol. The summed E-state index contributed by atoms with van der Waals surface area (Å²) < 4.78 is 5.78. The van der Waals surface area contributed by atoms with Crippen molar-refractivity contribution in [3.8, 4) is 0 Å². The summed E-state index contributed by atoms with van der Waals surface area (Å²) in [6.07, 6.45) is 5.69. The summed E-state index contributed by atoms with van der Waals surface area (Å²) in [5.41, 5.74) is 1.39. The molecule has 140 valence electrons. The van der Waals surface area contributed by atoms with Crippen LogP contribution in [0.5, 0.6) is 0 Å². The summed E-state index contributed by atoms with van der Waals surface area (Å²) in [6.45, 7) is 4.95. The molecule has 2 bridgehead atoms. The number of aromatic nitrogens is 2. The lowest BCUT2D eigenvalue weighted by molar-refractivity contribution is -0.0803. The molecule has 6 nitrogen and oxygen atoms in total. The number of carbonyl (C=O) groups is 1. The van der Waals surface area contributed by atoms with Gasteiger partial charge in [-0.25, -0.2) is 0 Å². The number of nitrogens with one attached hydrogen (secondary N) is 2. The zero-order chi connectivity index (χ0) is 17.9. The van der Waals surface area contributed by atoms with E-state index in [1.807, 2.05) is 24.3 Å². The van der Waals surface area contributed by atoms with Crippen LogP contribution in [-0.4, -0.2) is 58.9 Å². The van der Waals surface area contributed by atoms with Crippen LogP contribution in [-0.2, 0) is 4.74 Å². The lowest BCUT2D eigenvalue weighted by atomic mass is 9.89. The molecule has 2 N–H and O–H groups in total. The average molecular weight is 356 g/mol. The van der Waals surface area contributed by atoms with Crippen LogP contribution in [0.2, 0.25) is 0 Å². The number of rotatable bonds is 6. The topological polar surface area (TPSA) is 70.2 Å². The molecule has 1 aromatic heterocycles. The van der Waals surface area contributed by atoms with Crippen molar-refractivity contribution >= 4 is 16.8 Å². The third-order valence-electron chi connectivity index (χ3n) is 5.71. The first kappa shape index (κ1) is 17.5. The van der Waals surface area contributed by atoms with E-state index < -0.39 is 0 Å². The number of piperidine rings is 1. The smallest absolute Gasteiger partial charge is 0.272 e. The van der Waals surface area contributed by atoms with Crippen LogP contribution in [0.15, 0.2) is 24.3 Å². The predicted molar refractivity (Wildman–Crippen MR) is 101 cm³/mol. The Morgan fingerprint density at radius 3 is 2.81 bits per heavy atom. The Morgan fingerprint density at radius 2 is 2.04 bits per heavy atom. The molecule has 0 spiro atoms. The number of benzene rings is 1. The van der Waals surface area contributed by atoms with E-state index in [1.54, 1.807) is 0 Å². The predicted octanol–water partition coefficient (Wildman–Crippen LogP) is 2.71. The number of amides is 1. The first-order valence-electron chi connectivity index (χ1n) is 9.83. The van der Waals surface area contributed by atoms with Gasteiger partial charge in [0, 0.05) is 23.5 Å². The molecule has 2 fully saturated rings. The summed E-state index contributed by atoms with van der Waals surface area (Å²) in [4.78, 5) is 15.4. The van der Waals surface area contributed by atoms with Gasteiger partial charge < -0.3 is 10.1 Å². The number of hydrogen-bond acceptors (Lipinski definition) is 4. The minimum Gasteiger partial charge on any atom is -0.378 e. The molecule has 2 saturated heterocycles. The van der Waals surface area contributed by atoms with Crippen LogP contribution in [0.4, 0.5) is 0 Å². The van der Waals surface area contributed by atoms with Gasteiger partial charge in [-0.05, 0) is 31.9 Å². The molecule has 1 amide bonds. The summed E-state index contributed by atoms with van der Waals surface area (Å²) in [5, 5.41) is 11.3. The van der Waals surface area contributed by atoms with Crippen molar-refractivity contribution in [1.29, 1.82) is 0 Å². The van der Waals surface area contributed by atoms with Gasteiger partial charge in [0.2, 0.25) is 0 Å². The second-order valence-electron chi connectivity index (χ2n) is 7.55. The molecule has 2 aromatic rings. The molecule has 26 heavy (non-hydrogen) atoms. The van der Waals surface area contributed by atoms with Gasteiger partial charge in [0.25, 0.3) is 5.91 Å². The maximum atomic E-state index is 12.8. The Labute approximate surface area is 154 Å². The van der Waals surface area contributed by atoms with E-state index in [2.05, 4.69) is 27.3 Å². The highest BCUT2D eigenvalue weighted by atomic mass is 16.5. The number of fused-ring (bicyclic) bond motifs is 3. The molecule has 0 saturated carbocycles. The van der Waals surface area contributed by atoms with Gasteiger partial charge in [0.15, 0.2) is 5.69 Å². The number of ether oxygens (including phenoxy) is 1. The van der Waals surface area contributed by atoms with Crippen molar-refractivity contribution in [2.45, 2.75) is 57.2 Å². The minimum absolute atomic E-state index is 0.0779. The molecule has 3 heterocycles. The van der Waals surface area contributed by atoms with Crippen LogP contribution in [0.1, 0.15) is 49.5 Å². The first-order valence-corrected chi connectivity index (χ1v) is 9.83. The fraction of sp³-hybridized carbons (Fsp3) is 0.600. The Morgan fingerprint density at radius 1 is 1.27 bits per heavy atom. The number of aromatic amines is 1. The molecule has 1 aromatic carbocycles. The highest BCUT2D eigenvalue weighted by Crippen LogP contribution is 2.28. The van der Waals surface area contributed by atoms with Gasteiger partial charge in [0.1, 0.15) is 0 Å². The van der Waals surface area contributed by atoms with E-state index in [9.17, 15) is 4.79 Å². The van der Waals surface area contributed by atoms with Gasteiger partial charge in [-0.3, -0.25) is 14.8 Å². The fourth-order valence-electron chi connectivity index (χ4n) is 4.41. The molecule has 2 aliphatic rings. The Kier molecular flexibility index (Phi) is 5.22. The lowest BCUT2D eigenvalue weighted by Gasteiger charge is -2.48. The maximum Gasteiger partial charge on any atom is 0.272 e. The number of morpholine rings is 1. The van der Waals surface area contributed by atoms with Gasteiger partial charge in [-0.1, -0.05) is 38.0 Å². The molecule has 2 aliphatic heterocycles. The highest BCUT2D eigenvalue weighted by Gasteiger charge is 2.39. The molecular formula is C20H28N4O2. The van der Waals surface area contributed by atoms with Crippen molar-refractivity contribution in [2.24, 2.45) is 0 Å². The van der Waals surface area contributed by atoms with Crippen molar-refractivity contribution in [1.82, 2.24) is 20.4 Å². The van der Waals surface area contributed by atoms with Gasteiger partial charge in [-0.15, -0.1) is 0 Å². The Balaban J connectivity index is 1.41. The first-order chi connectivity index (χ1) is 12.8. The number of unbranched alkanes of at least 4 members (excludes halogenated alkanes) is 2. The van der Waals surface area contributed by atoms with Gasteiger partial charge >= 0.3 is 0 Å². The quantitative estimate of drug-likeness (QED) is 0.781. The van der Waals surface area contributed by atoms with Gasteiger partial charge in [-0.2, -0.15) is 5.10 Å². The van der Waals surface area contributed by atoms with Crippen LogP contribution in [0, 0.1) is 0 Å². The van der Waals surface area contributed by atoms with E-state index in [-0.39, 0.29) is 11.9 Å². The molecule has 0 aliphatic carbocycles. The van der Waals surface area contributed by atoms with Crippen molar-refractivity contribution in [3.63, 3.8) is 0 Å². The van der Waals surface area contributed by atoms with E-state index in [1.165, 1.54) is 19.3 Å². The number of para-hydroxylation sites is 1. The van der Waals surface area contributed by atoms with Crippen molar-refractivity contribution in [2.75, 3.05) is 19.8 Å². The summed E-state index contributed by atoms with van der Waals surface area (Å²) >= 11 is 0. The maximum absolute atomic E-state index is 12.8. The number of carbonyl (C=O) groups excluding carboxylic acids is 1. The van der Waals surface area contributed by atoms with Crippen LogP contribution in [0.25, 0.3) is 10.9 Å². The number of nitrogens with zero attached hydrogens (tertiary/aromatic N) is 2. The highest BCUT2D eigenvalue weighted by molar-refractivity contribution is 6.04. The minimum atomic E-state index is -0.0779. The number of H-pyrrole nitrogens is 1. The second kappa shape index (κ2) is 7.76. The van der Waals surface area contributed by atoms with E-state index >= 15 is 0 Å². The van der Waals surface area contributed by atoms with E-state index in [0.717, 1.165) is 43.5 Å². The second-order valence-corrected chi connectivity index (χ2v) is 7.55. The molecule has 0 radical (unpaired) electrons. The monoisotopic (exact) mass is 356 g/mol. The number of hydrogen-bond donors (Lipinski definition) is 2. The summed E-state index contributed by atoms with van der Waals surface area (Å²) in [5.74, 6) is -0.0779. The summed E-state index contributed by atoms with van der Waals surface area (Å²) in [6, 6.07) is 8.78. The molecule has 6 heteroatoms. The molecule has 2 atom stereocenters. The molecule has 2 unspecified atom stereocenters. The normalized spacial score (nSPS) is 26.1. The van der Waals surface area contributed by atoms with Gasteiger partial charge in [0.05, 0.1) is 18.7 Å². The fourth-order valence-corrected chi connectivity index (χ4v) is 4.41. The van der Waals surface area contributed by atoms with Crippen molar-refractivity contribution < 1.29 is 9.53 Å². The van der Waals surface area contributed by atoms with Crippen LogP contribution < -0.4 is 5.32 Å². The van der Waals surface area contributed by atoms with Crippen LogP contribution in [0.3, 0.4) is 0 Å².